The highest BCUT2D eigenvalue weighted by atomic mass is 32.2. The maximum atomic E-state index is 13.5. The molecule has 0 aliphatic carbocycles. The molecule has 0 amide bonds. The molecule has 0 bridgehead atoms. The van der Waals surface area contributed by atoms with Crippen molar-refractivity contribution in [2.45, 2.75) is 31.2 Å². The van der Waals surface area contributed by atoms with Crippen LogP contribution in [0, 0.1) is 5.92 Å². The van der Waals surface area contributed by atoms with Crippen molar-refractivity contribution < 1.29 is 17.9 Å². The van der Waals surface area contributed by atoms with Gasteiger partial charge in [-0.25, -0.2) is 8.42 Å². The Balaban J connectivity index is 1.60. The Bertz CT molecular complexity index is 1120. The van der Waals surface area contributed by atoms with E-state index in [9.17, 15) is 13.2 Å². The molecule has 1 aliphatic heterocycles. The van der Waals surface area contributed by atoms with E-state index >= 15 is 0 Å². The van der Waals surface area contributed by atoms with Crippen LogP contribution in [0.2, 0.25) is 0 Å². The molecule has 164 valence electrons. The van der Waals surface area contributed by atoms with Gasteiger partial charge in [0.05, 0.1) is 23.9 Å². The summed E-state index contributed by atoms with van der Waals surface area (Å²) >= 11 is 1.46. The number of carbonyl (C=O) groups excluding carboxylic acids is 1. The van der Waals surface area contributed by atoms with Gasteiger partial charge in [-0.05, 0) is 36.8 Å². The van der Waals surface area contributed by atoms with Crippen LogP contribution >= 0.6 is 11.3 Å². The van der Waals surface area contributed by atoms with Crippen molar-refractivity contribution >= 4 is 27.3 Å². The Hall–Kier alpha value is -2.49. The summed E-state index contributed by atoms with van der Waals surface area (Å²) in [5.74, 6) is -0.488. The van der Waals surface area contributed by atoms with Crippen molar-refractivity contribution in [2.75, 3.05) is 19.7 Å². The normalized spacial score (nSPS) is 15.8. The van der Waals surface area contributed by atoms with Crippen LogP contribution in [0.25, 0.3) is 10.6 Å². The summed E-state index contributed by atoms with van der Waals surface area (Å²) in [5.41, 5.74) is 1.51. The standard InChI is InChI=1S/C22H25N3O4S2/c1-2-29-22(26)18-10-12-25(13-11-18)31(27,28)20-16-24(15-17-7-4-3-5-8-17)23-21(20)19-9-6-14-30-19/h3-9,14,16,18H,2,10-13,15H2,1H3. The second kappa shape index (κ2) is 9.33. The molecule has 0 spiro atoms. The molecule has 3 heterocycles. The molecule has 1 fully saturated rings. The largest absolute Gasteiger partial charge is 0.466 e. The molecule has 0 saturated carbocycles. The van der Waals surface area contributed by atoms with Crippen LogP contribution in [0.3, 0.4) is 0 Å². The van der Waals surface area contributed by atoms with E-state index in [4.69, 9.17) is 4.74 Å². The van der Waals surface area contributed by atoms with E-state index in [0.29, 0.717) is 44.8 Å². The fourth-order valence-electron chi connectivity index (χ4n) is 3.76. The van der Waals surface area contributed by atoms with Gasteiger partial charge in [0.1, 0.15) is 10.6 Å². The van der Waals surface area contributed by atoms with E-state index < -0.39 is 10.0 Å². The number of benzene rings is 1. The Kier molecular flexibility index (Phi) is 6.54. The lowest BCUT2D eigenvalue weighted by molar-refractivity contribution is -0.149. The van der Waals surface area contributed by atoms with E-state index in [1.54, 1.807) is 17.8 Å². The molecule has 1 aliphatic rings. The molecule has 9 heteroatoms. The van der Waals surface area contributed by atoms with Crippen LogP contribution in [-0.2, 0) is 26.1 Å². The summed E-state index contributed by atoms with van der Waals surface area (Å²) in [6, 6.07) is 13.6. The molecule has 31 heavy (non-hydrogen) atoms. The Morgan fingerprint density at radius 1 is 1.16 bits per heavy atom. The summed E-state index contributed by atoms with van der Waals surface area (Å²) in [6.45, 7) is 3.18. The molecule has 0 radical (unpaired) electrons. The average molecular weight is 460 g/mol. The van der Waals surface area contributed by atoms with E-state index in [0.717, 1.165) is 10.4 Å². The van der Waals surface area contributed by atoms with Crippen molar-refractivity contribution in [3.8, 4) is 10.6 Å². The van der Waals surface area contributed by atoms with Crippen molar-refractivity contribution in [1.82, 2.24) is 14.1 Å². The average Bonchev–Trinajstić information content (AvgIpc) is 3.45. The topological polar surface area (TPSA) is 81.5 Å². The fraction of sp³-hybridized carbons (Fsp3) is 0.364. The molecule has 4 rings (SSSR count). The Morgan fingerprint density at radius 3 is 2.55 bits per heavy atom. The van der Waals surface area contributed by atoms with Gasteiger partial charge in [-0.15, -0.1) is 11.3 Å². The van der Waals surface area contributed by atoms with Crippen molar-refractivity contribution in [2.24, 2.45) is 5.92 Å². The molecular weight excluding hydrogens is 434 g/mol. The van der Waals surface area contributed by atoms with Crippen LogP contribution in [0.15, 0.2) is 58.9 Å². The highest BCUT2D eigenvalue weighted by Crippen LogP contribution is 2.33. The summed E-state index contributed by atoms with van der Waals surface area (Å²) in [5, 5.41) is 6.53. The maximum Gasteiger partial charge on any atom is 0.309 e. The van der Waals surface area contributed by atoms with Gasteiger partial charge in [0.15, 0.2) is 0 Å². The van der Waals surface area contributed by atoms with Gasteiger partial charge in [0, 0.05) is 19.3 Å². The second-order valence-corrected chi connectivity index (χ2v) is 10.3. The number of esters is 1. The first-order chi connectivity index (χ1) is 15.0. The summed E-state index contributed by atoms with van der Waals surface area (Å²) in [7, 11) is -3.75. The van der Waals surface area contributed by atoms with E-state index in [1.165, 1.54) is 15.6 Å². The quantitative estimate of drug-likeness (QED) is 0.504. The predicted octanol–water partition coefficient (Wildman–Crippen LogP) is 3.62. The lowest BCUT2D eigenvalue weighted by Crippen LogP contribution is -2.40. The van der Waals surface area contributed by atoms with Gasteiger partial charge in [-0.2, -0.15) is 9.40 Å². The van der Waals surface area contributed by atoms with Crippen LogP contribution in [-0.4, -0.2) is 48.2 Å². The Morgan fingerprint density at radius 2 is 1.90 bits per heavy atom. The minimum Gasteiger partial charge on any atom is -0.466 e. The zero-order valence-electron chi connectivity index (χ0n) is 17.3. The van der Waals surface area contributed by atoms with Crippen LogP contribution in [0.5, 0.6) is 0 Å². The van der Waals surface area contributed by atoms with Crippen LogP contribution in [0.1, 0.15) is 25.3 Å². The van der Waals surface area contributed by atoms with E-state index in [2.05, 4.69) is 5.10 Å². The van der Waals surface area contributed by atoms with Gasteiger partial charge >= 0.3 is 5.97 Å². The van der Waals surface area contributed by atoms with E-state index in [1.807, 2.05) is 47.8 Å². The lowest BCUT2D eigenvalue weighted by atomic mass is 9.98. The number of hydrogen-bond acceptors (Lipinski definition) is 6. The molecule has 1 saturated heterocycles. The highest BCUT2D eigenvalue weighted by Gasteiger charge is 2.35. The number of carbonyl (C=O) groups is 1. The highest BCUT2D eigenvalue weighted by molar-refractivity contribution is 7.89. The predicted molar refractivity (Wildman–Crippen MR) is 119 cm³/mol. The first-order valence-corrected chi connectivity index (χ1v) is 12.6. The molecule has 3 aromatic rings. The molecular formula is C22H25N3O4S2. The minimum absolute atomic E-state index is 0.209. The number of nitrogens with zero attached hydrogens (tertiary/aromatic N) is 3. The van der Waals surface area contributed by atoms with Gasteiger partial charge in [-0.3, -0.25) is 9.48 Å². The SMILES string of the molecule is CCOC(=O)C1CCN(S(=O)(=O)c2cn(Cc3ccccc3)nc2-c2cccs2)CC1. The number of piperidine rings is 1. The van der Waals surface area contributed by atoms with Gasteiger partial charge in [0.25, 0.3) is 0 Å². The van der Waals surface area contributed by atoms with Gasteiger partial charge < -0.3 is 4.74 Å². The number of aromatic nitrogens is 2. The number of thiophene rings is 1. The van der Waals surface area contributed by atoms with Crippen molar-refractivity contribution in [3.05, 3.63) is 59.6 Å². The molecule has 1 aromatic carbocycles. The smallest absolute Gasteiger partial charge is 0.309 e. The number of hydrogen-bond donors (Lipinski definition) is 0. The van der Waals surface area contributed by atoms with Crippen molar-refractivity contribution in [1.29, 1.82) is 0 Å². The minimum atomic E-state index is -3.75. The number of sulfonamides is 1. The van der Waals surface area contributed by atoms with Crippen LogP contribution < -0.4 is 0 Å². The number of rotatable bonds is 7. The third kappa shape index (κ3) is 4.73. The maximum absolute atomic E-state index is 13.5. The Labute approximate surface area is 186 Å². The van der Waals surface area contributed by atoms with Gasteiger partial charge in [0.2, 0.25) is 10.0 Å². The van der Waals surface area contributed by atoms with Gasteiger partial charge in [-0.1, -0.05) is 36.4 Å². The second-order valence-electron chi connectivity index (χ2n) is 7.43. The fourth-order valence-corrected chi connectivity index (χ4v) is 6.17. The summed E-state index contributed by atoms with van der Waals surface area (Å²) < 4.78 is 35.3. The number of ether oxygens (including phenoxy) is 1. The lowest BCUT2D eigenvalue weighted by Gasteiger charge is -2.29. The first-order valence-electron chi connectivity index (χ1n) is 10.3. The monoisotopic (exact) mass is 459 g/mol. The zero-order chi connectivity index (χ0) is 21.8. The molecule has 0 N–H and O–H groups in total. The molecule has 7 nitrogen and oxygen atoms in total. The summed E-state index contributed by atoms with van der Waals surface area (Å²) in [6.07, 6.45) is 2.55. The third-order valence-electron chi connectivity index (χ3n) is 5.36. The third-order valence-corrected chi connectivity index (χ3v) is 8.14. The van der Waals surface area contributed by atoms with Crippen LogP contribution in [0.4, 0.5) is 0 Å². The first kappa shape index (κ1) is 21.7. The summed E-state index contributed by atoms with van der Waals surface area (Å²) in [4.78, 5) is 13.0. The molecule has 0 unspecified atom stereocenters. The van der Waals surface area contributed by atoms with E-state index in [-0.39, 0.29) is 16.8 Å². The zero-order valence-corrected chi connectivity index (χ0v) is 18.9. The van der Waals surface area contributed by atoms with Crippen molar-refractivity contribution in [3.63, 3.8) is 0 Å². The molecule has 0 atom stereocenters. The molecule has 2 aromatic heterocycles.